The summed E-state index contributed by atoms with van der Waals surface area (Å²) in [4.78, 5) is 10.9. The molecule has 0 aliphatic heterocycles. The van der Waals surface area contributed by atoms with Crippen molar-refractivity contribution in [2.75, 3.05) is 37.3 Å². The molecule has 0 radical (unpaired) electrons. The Hall–Kier alpha value is -0.880. The molecule has 100 valence electrons. The van der Waals surface area contributed by atoms with Crippen molar-refractivity contribution < 1.29 is 0 Å². The summed E-state index contributed by atoms with van der Waals surface area (Å²) in [5, 5.41) is 6.38. The molecule has 18 heavy (non-hydrogen) atoms. The summed E-state index contributed by atoms with van der Waals surface area (Å²) in [5.74, 6) is 1.66. The first kappa shape index (κ1) is 13.5. The predicted octanol–water partition coefficient (Wildman–Crippen LogP) is 2.18. The van der Waals surface area contributed by atoms with Crippen LogP contribution in [0.5, 0.6) is 0 Å². The maximum absolute atomic E-state index is 4.24. The van der Waals surface area contributed by atoms with Gasteiger partial charge < -0.3 is 10.6 Å². The van der Waals surface area contributed by atoms with Crippen molar-refractivity contribution in [3.63, 3.8) is 0 Å². The first-order chi connectivity index (χ1) is 8.76. The fourth-order valence-corrected chi connectivity index (χ4v) is 2.57. The maximum atomic E-state index is 4.24. The molecule has 0 atom stereocenters. The third-order valence-electron chi connectivity index (χ3n) is 3.19. The number of likely N-dealkylation sites (N-methyl/N-ethyl adjacent to an activating group) is 1. The predicted molar refractivity (Wildman–Crippen MR) is 78.0 cm³/mol. The second-order valence-corrected chi connectivity index (χ2v) is 5.21. The molecule has 0 unspecified atom stereocenters. The Morgan fingerprint density at radius 2 is 2.11 bits per heavy atom. The SMILES string of the molecule is CCN(CCNc1ncnc(NC)c1Br)C1CC1. The third-order valence-corrected chi connectivity index (χ3v) is 3.94. The number of anilines is 2. The van der Waals surface area contributed by atoms with Gasteiger partial charge in [0.25, 0.3) is 0 Å². The van der Waals surface area contributed by atoms with Gasteiger partial charge in [-0.2, -0.15) is 0 Å². The lowest BCUT2D eigenvalue weighted by molar-refractivity contribution is 0.289. The van der Waals surface area contributed by atoms with E-state index in [0.717, 1.165) is 41.8 Å². The number of hydrogen-bond donors (Lipinski definition) is 2. The normalized spacial score (nSPS) is 14.9. The van der Waals surface area contributed by atoms with Gasteiger partial charge >= 0.3 is 0 Å². The molecule has 0 amide bonds. The third kappa shape index (κ3) is 3.32. The van der Waals surface area contributed by atoms with E-state index in [-0.39, 0.29) is 0 Å². The molecule has 1 fully saturated rings. The van der Waals surface area contributed by atoms with E-state index in [4.69, 9.17) is 0 Å². The van der Waals surface area contributed by atoms with Crippen molar-refractivity contribution in [3.05, 3.63) is 10.8 Å². The molecule has 0 saturated heterocycles. The van der Waals surface area contributed by atoms with Crippen LogP contribution in [-0.2, 0) is 0 Å². The van der Waals surface area contributed by atoms with E-state index in [9.17, 15) is 0 Å². The molecule has 1 heterocycles. The number of aromatic nitrogens is 2. The molecule has 1 saturated carbocycles. The molecule has 1 aromatic heterocycles. The summed E-state index contributed by atoms with van der Waals surface area (Å²) < 4.78 is 0.891. The smallest absolute Gasteiger partial charge is 0.145 e. The van der Waals surface area contributed by atoms with E-state index in [1.807, 2.05) is 7.05 Å². The van der Waals surface area contributed by atoms with Crippen molar-refractivity contribution in [1.29, 1.82) is 0 Å². The average Bonchev–Trinajstić information content (AvgIpc) is 3.21. The molecule has 2 N–H and O–H groups in total. The van der Waals surface area contributed by atoms with Crippen LogP contribution in [0.25, 0.3) is 0 Å². The Labute approximate surface area is 117 Å². The number of rotatable bonds is 7. The van der Waals surface area contributed by atoms with Crippen molar-refractivity contribution in [2.24, 2.45) is 0 Å². The summed E-state index contributed by atoms with van der Waals surface area (Å²) in [6.45, 7) is 5.31. The molecule has 1 aliphatic carbocycles. The average molecular weight is 314 g/mol. The van der Waals surface area contributed by atoms with E-state index in [1.54, 1.807) is 6.33 Å². The van der Waals surface area contributed by atoms with E-state index in [0.29, 0.717) is 0 Å². The van der Waals surface area contributed by atoms with Gasteiger partial charge in [0, 0.05) is 26.2 Å². The molecule has 0 spiro atoms. The molecule has 0 aromatic carbocycles. The van der Waals surface area contributed by atoms with Crippen molar-refractivity contribution in [1.82, 2.24) is 14.9 Å². The van der Waals surface area contributed by atoms with Gasteiger partial charge in [-0.15, -0.1) is 0 Å². The second kappa shape index (κ2) is 6.33. The molecule has 5 nitrogen and oxygen atoms in total. The minimum atomic E-state index is 0.807. The van der Waals surface area contributed by atoms with Gasteiger partial charge in [0.05, 0.1) is 0 Å². The van der Waals surface area contributed by atoms with Gasteiger partial charge in [0.15, 0.2) is 0 Å². The van der Waals surface area contributed by atoms with Crippen LogP contribution in [0, 0.1) is 0 Å². The molecule has 0 bridgehead atoms. The fraction of sp³-hybridized carbons (Fsp3) is 0.667. The monoisotopic (exact) mass is 313 g/mol. The lowest BCUT2D eigenvalue weighted by atomic mass is 10.4. The van der Waals surface area contributed by atoms with Crippen LogP contribution in [-0.4, -0.2) is 47.6 Å². The van der Waals surface area contributed by atoms with Gasteiger partial charge in [-0.05, 0) is 35.3 Å². The summed E-state index contributed by atoms with van der Waals surface area (Å²) in [5.41, 5.74) is 0. The van der Waals surface area contributed by atoms with Crippen LogP contribution >= 0.6 is 15.9 Å². The Morgan fingerprint density at radius 1 is 1.39 bits per heavy atom. The lowest BCUT2D eigenvalue weighted by Crippen LogP contribution is -2.31. The summed E-state index contributed by atoms with van der Waals surface area (Å²) in [7, 11) is 1.85. The van der Waals surface area contributed by atoms with E-state index in [1.165, 1.54) is 12.8 Å². The molecule has 1 aromatic rings. The van der Waals surface area contributed by atoms with Gasteiger partial charge in [0.2, 0.25) is 0 Å². The Bertz CT molecular complexity index is 394. The van der Waals surface area contributed by atoms with Gasteiger partial charge in [0.1, 0.15) is 22.4 Å². The molecule has 6 heteroatoms. The summed E-state index contributed by atoms with van der Waals surface area (Å²) >= 11 is 3.50. The van der Waals surface area contributed by atoms with E-state index in [2.05, 4.69) is 48.4 Å². The van der Waals surface area contributed by atoms with Gasteiger partial charge in [-0.25, -0.2) is 9.97 Å². The maximum Gasteiger partial charge on any atom is 0.145 e. The van der Waals surface area contributed by atoms with Crippen LogP contribution in [0.4, 0.5) is 11.6 Å². The quantitative estimate of drug-likeness (QED) is 0.808. The molecular formula is C12H20BrN5. The highest BCUT2D eigenvalue weighted by molar-refractivity contribution is 9.10. The number of hydrogen-bond acceptors (Lipinski definition) is 5. The first-order valence-electron chi connectivity index (χ1n) is 6.42. The van der Waals surface area contributed by atoms with Crippen LogP contribution in [0.1, 0.15) is 19.8 Å². The highest BCUT2D eigenvalue weighted by atomic mass is 79.9. The zero-order chi connectivity index (χ0) is 13.0. The Morgan fingerprint density at radius 3 is 2.72 bits per heavy atom. The van der Waals surface area contributed by atoms with Crippen LogP contribution in [0.3, 0.4) is 0 Å². The Balaban J connectivity index is 1.85. The van der Waals surface area contributed by atoms with Crippen LogP contribution in [0.15, 0.2) is 10.8 Å². The van der Waals surface area contributed by atoms with Gasteiger partial charge in [-0.3, -0.25) is 4.90 Å². The molecule has 2 rings (SSSR count). The number of halogens is 1. The van der Waals surface area contributed by atoms with E-state index < -0.39 is 0 Å². The molecule has 1 aliphatic rings. The summed E-state index contributed by atoms with van der Waals surface area (Å²) in [6.07, 6.45) is 4.28. The highest BCUT2D eigenvalue weighted by Gasteiger charge is 2.27. The van der Waals surface area contributed by atoms with Crippen molar-refractivity contribution in [2.45, 2.75) is 25.8 Å². The van der Waals surface area contributed by atoms with Crippen molar-refractivity contribution >= 4 is 27.6 Å². The zero-order valence-electron chi connectivity index (χ0n) is 10.9. The molecular weight excluding hydrogens is 294 g/mol. The lowest BCUT2D eigenvalue weighted by Gasteiger charge is -2.20. The fourth-order valence-electron chi connectivity index (χ4n) is 2.02. The topological polar surface area (TPSA) is 53.1 Å². The minimum Gasteiger partial charge on any atom is -0.372 e. The van der Waals surface area contributed by atoms with Crippen molar-refractivity contribution in [3.8, 4) is 0 Å². The van der Waals surface area contributed by atoms with Gasteiger partial charge in [-0.1, -0.05) is 6.92 Å². The first-order valence-corrected chi connectivity index (χ1v) is 7.21. The second-order valence-electron chi connectivity index (χ2n) is 4.42. The Kier molecular flexibility index (Phi) is 4.77. The highest BCUT2D eigenvalue weighted by Crippen LogP contribution is 2.27. The largest absolute Gasteiger partial charge is 0.372 e. The minimum absolute atomic E-state index is 0.807. The number of nitrogens with one attached hydrogen (secondary N) is 2. The van der Waals surface area contributed by atoms with Crippen LogP contribution < -0.4 is 10.6 Å². The standard InChI is InChI=1S/C12H20BrN5/c1-3-18(9-4-5-9)7-6-15-12-10(13)11(14-2)16-8-17-12/h8-9H,3-7H2,1-2H3,(H2,14,15,16,17). The van der Waals surface area contributed by atoms with Crippen LogP contribution in [0.2, 0.25) is 0 Å². The van der Waals surface area contributed by atoms with E-state index >= 15 is 0 Å². The number of nitrogens with zero attached hydrogens (tertiary/aromatic N) is 3. The zero-order valence-corrected chi connectivity index (χ0v) is 12.5. The summed E-state index contributed by atoms with van der Waals surface area (Å²) in [6, 6.07) is 0.818.